The van der Waals surface area contributed by atoms with Crippen LogP contribution in [0.25, 0.3) is 0 Å². The monoisotopic (exact) mass is 211 g/mol. The average molecular weight is 211 g/mol. The van der Waals surface area contributed by atoms with Crippen LogP contribution >= 0.6 is 0 Å². The fourth-order valence-electron chi connectivity index (χ4n) is 1.51. The normalized spacial score (nSPS) is 12.5. The lowest BCUT2D eigenvalue weighted by molar-refractivity contribution is 0.198. The summed E-state index contributed by atoms with van der Waals surface area (Å²) in [6, 6.07) is 4.83. The lowest BCUT2D eigenvalue weighted by Gasteiger charge is -2.16. The summed E-state index contributed by atoms with van der Waals surface area (Å²) < 4.78 is 19.0. The van der Waals surface area contributed by atoms with Gasteiger partial charge in [0.1, 0.15) is 0 Å². The highest BCUT2D eigenvalue weighted by Gasteiger charge is 2.11. The number of nitrogens with two attached hydrogens (primary N) is 1. The van der Waals surface area contributed by atoms with Crippen molar-refractivity contribution in [3.05, 3.63) is 29.6 Å². The Morgan fingerprint density at radius 1 is 1.47 bits per heavy atom. The molecule has 2 N–H and O–H groups in total. The molecule has 84 valence electrons. The molecule has 0 radical (unpaired) electrons. The Labute approximate surface area is 90.2 Å². The molecule has 0 amide bonds. The van der Waals surface area contributed by atoms with Crippen LogP contribution in [0.5, 0.6) is 5.75 Å². The smallest absolute Gasteiger partial charge is 0.165 e. The fourth-order valence-corrected chi connectivity index (χ4v) is 1.51. The molecule has 3 heteroatoms. The van der Waals surface area contributed by atoms with Crippen LogP contribution in [0.2, 0.25) is 0 Å². The van der Waals surface area contributed by atoms with Crippen LogP contribution in [0.1, 0.15) is 32.3 Å². The third-order valence-corrected chi connectivity index (χ3v) is 2.28. The van der Waals surface area contributed by atoms with E-state index >= 15 is 0 Å². The maximum Gasteiger partial charge on any atom is 0.165 e. The third-order valence-electron chi connectivity index (χ3n) is 2.28. The quantitative estimate of drug-likeness (QED) is 0.812. The minimum Gasteiger partial charge on any atom is -0.487 e. The standard InChI is InChI=1S/C12H18FNO/c1-3-5-9(2)15-12-10(8-14)6-4-7-11(12)13/h4,6-7,9H,3,5,8,14H2,1-2H3. The van der Waals surface area contributed by atoms with Gasteiger partial charge in [0, 0.05) is 12.1 Å². The zero-order valence-corrected chi connectivity index (χ0v) is 9.29. The van der Waals surface area contributed by atoms with Gasteiger partial charge in [-0.2, -0.15) is 0 Å². The summed E-state index contributed by atoms with van der Waals surface area (Å²) in [5, 5.41) is 0. The van der Waals surface area contributed by atoms with Crippen molar-refractivity contribution in [1.29, 1.82) is 0 Å². The second-order valence-corrected chi connectivity index (χ2v) is 3.65. The Bertz CT molecular complexity index is 314. The van der Waals surface area contributed by atoms with Crippen LogP contribution in [0.4, 0.5) is 4.39 Å². The first-order valence-electron chi connectivity index (χ1n) is 5.33. The Kier molecular flexibility index (Phi) is 4.56. The number of ether oxygens (including phenoxy) is 1. The molecule has 0 aromatic heterocycles. The first-order valence-corrected chi connectivity index (χ1v) is 5.33. The summed E-state index contributed by atoms with van der Waals surface area (Å²) in [5.41, 5.74) is 6.24. The van der Waals surface area contributed by atoms with E-state index in [9.17, 15) is 4.39 Å². The van der Waals surface area contributed by atoms with Crippen molar-refractivity contribution in [3.8, 4) is 5.75 Å². The van der Waals surface area contributed by atoms with Crippen molar-refractivity contribution in [2.45, 2.75) is 39.3 Å². The van der Waals surface area contributed by atoms with E-state index in [1.54, 1.807) is 12.1 Å². The molecule has 1 aromatic carbocycles. The maximum absolute atomic E-state index is 13.5. The van der Waals surface area contributed by atoms with Crippen molar-refractivity contribution in [2.24, 2.45) is 5.73 Å². The molecule has 2 nitrogen and oxygen atoms in total. The van der Waals surface area contributed by atoms with Gasteiger partial charge in [0.25, 0.3) is 0 Å². The van der Waals surface area contributed by atoms with Crippen molar-refractivity contribution in [1.82, 2.24) is 0 Å². The summed E-state index contributed by atoms with van der Waals surface area (Å²) >= 11 is 0. The lowest BCUT2D eigenvalue weighted by atomic mass is 10.2. The van der Waals surface area contributed by atoms with Gasteiger partial charge in [-0.3, -0.25) is 0 Å². The number of halogens is 1. The van der Waals surface area contributed by atoms with Crippen LogP contribution in [0.3, 0.4) is 0 Å². The van der Waals surface area contributed by atoms with E-state index in [4.69, 9.17) is 10.5 Å². The molecular weight excluding hydrogens is 193 g/mol. The molecule has 1 unspecified atom stereocenters. The molecular formula is C12H18FNO. The van der Waals surface area contributed by atoms with Crippen LogP contribution in [0, 0.1) is 5.82 Å². The molecule has 0 aliphatic rings. The van der Waals surface area contributed by atoms with E-state index in [1.807, 2.05) is 6.92 Å². The summed E-state index contributed by atoms with van der Waals surface area (Å²) in [6.07, 6.45) is 1.96. The molecule has 0 aliphatic heterocycles. The van der Waals surface area contributed by atoms with Gasteiger partial charge >= 0.3 is 0 Å². The van der Waals surface area contributed by atoms with E-state index in [1.165, 1.54) is 6.07 Å². The van der Waals surface area contributed by atoms with Gasteiger partial charge in [0.2, 0.25) is 0 Å². The first-order chi connectivity index (χ1) is 7.19. The van der Waals surface area contributed by atoms with Gasteiger partial charge in [-0.05, 0) is 19.4 Å². The van der Waals surface area contributed by atoms with E-state index < -0.39 is 0 Å². The van der Waals surface area contributed by atoms with Gasteiger partial charge in [-0.25, -0.2) is 4.39 Å². The van der Waals surface area contributed by atoms with E-state index in [0.717, 1.165) is 18.4 Å². The van der Waals surface area contributed by atoms with Crippen molar-refractivity contribution in [2.75, 3.05) is 0 Å². The number of benzene rings is 1. The topological polar surface area (TPSA) is 35.2 Å². The SMILES string of the molecule is CCCC(C)Oc1c(F)cccc1CN. The van der Waals surface area contributed by atoms with Crippen LogP contribution in [-0.2, 0) is 6.54 Å². The summed E-state index contributed by atoms with van der Waals surface area (Å²) in [6.45, 7) is 4.31. The third kappa shape index (κ3) is 3.20. The van der Waals surface area contributed by atoms with E-state index in [-0.39, 0.29) is 11.9 Å². The zero-order valence-electron chi connectivity index (χ0n) is 9.29. The van der Waals surface area contributed by atoms with Gasteiger partial charge in [0.05, 0.1) is 6.10 Å². The van der Waals surface area contributed by atoms with Gasteiger partial charge in [-0.1, -0.05) is 25.5 Å². The maximum atomic E-state index is 13.5. The van der Waals surface area contributed by atoms with Crippen LogP contribution in [0.15, 0.2) is 18.2 Å². The minimum atomic E-state index is -0.332. The molecule has 0 saturated carbocycles. The first kappa shape index (κ1) is 12.0. The molecule has 1 rings (SSSR count). The highest BCUT2D eigenvalue weighted by Crippen LogP contribution is 2.24. The molecule has 1 aromatic rings. The van der Waals surface area contributed by atoms with Gasteiger partial charge in [0.15, 0.2) is 11.6 Å². The molecule has 15 heavy (non-hydrogen) atoms. The molecule has 0 heterocycles. The van der Waals surface area contributed by atoms with Crippen molar-refractivity contribution >= 4 is 0 Å². The Morgan fingerprint density at radius 3 is 2.80 bits per heavy atom. The Balaban J connectivity index is 2.82. The average Bonchev–Trinajstić information content (AvgIpc) is 2.21. The molecule has 0 spiro atoms. The van der Waals surface area contributed by atoms with Gasteiger partial charge < -0.3 is 10.5 Å². The number of hydrogen-bond donors (Lipinski definition) is 1. The molecule has 0 bridgehead atoms. The Morgan fingerprint density at radius 2 is 2.20 bits per heavy atom. The second-order valence-electron chi connectivity index (χ2n) is 3.65. The Hall–Kier alpha value is -1.09. The van der Waals surface area contributed by atoms with E-state index in [2.05, 4.69) is 6.92 Å². The molecule has 0 aliphatic carbocycles. The summed E-state index contributed by atoms with van der Waals surface area (Å²) in [7, 11) is 0. The van der Waals surface area contributed by atoms with Crippen LogP contribution < -0.4 is 10.5 Å². The largest absolute Gasteiger partial charge is 0.487 e. The minimum absolute atomic E-state index is 0.0252. The fraction of sp³-hybridized carbons (Fsp3) is 0.500. The summed E-state index contributed by atoms with van der Waals surface area (Å²) in [5.74, 6) is -0.0261. The summed E-state index contributed by atoms with van der Waals surface area (Å²) in [4.78, 5) is 0. The highest BCUT2D eigenvalue weighted by molar-refractivity contribution is 5.34. The van der Waals surface area contributed by atoms with Crippen molar-refractivity contribution in [3.63, 3.8) is 0 Å². The number of rotatable bonds is 5. The van der Waals surface area contributed by atoms with E-state index in [0.29, 0.717) is 12.3 Å². The number of hydrogen-bond acceptors (Lipinski definition) is 2. The molecule has 0 saturated heterocycles. The predicted octanol–water partition coefficient (Wildman–Crippen LogP) is 2.85. The van der Waals surface area contributed by atoms with Gasteiger partial charge in [-0.15, -0.1) is 0 Å². The predicted molar refractivity (Wildman–Crippen MR) is 59.3 cm³/mol. The number of para-hydroxylation sites is 1. The highest BCUT2D eigenvalue weighted by atomic mass is 19.1. The molecule has 1 atom stereocenters. The molecule has 0 fully saturated rings. The van der Waals surface area contributed by atoms with Crippen LogP contribution in [-0.4, -0.2) is 6.10 Å². The van der Waals surface area contributed by atoms with Crippen molar-refractivity contribution < 1.29 is 9.13 Å². The lowest BCUT2D eigenvalue weighted by Crippen LogP contribution is -2.14. The zero-order chi connectivity index (χ0) is 11.3. The second kappa shape index (κ2) is 5.71.